The van der Waals surface area contributed by atoms with E-state index in [0.29, 0.717) is 28.6 Å². The number of methoxy groups -OCH3 is 3. The Labute approximate surface area is 158 Å². The van der Waals surface area contributed by atoms with Crippen LogP contribution in [0.15, 0.2) is 36.4 Å². The lowest BCUT2D eigenvalue weighted by molar-refractivity contribution is -0.120. The number of anilines is 2. The first-order chi connectivity index (χ1) is 12.9. The van der Waals surface area contributed by atoms with Crippen molar-refractivity contribution in [2.24, 2.45) is 0 Å². The second-order valence-corrected chi connectivity index (χ2v) is 5.85. The molecule has 0 aliphatic carbocycles. The Morgan fingerprint density at radius 2 is 1.59 bits per heavy atom. The quantitative estimate of drug-likeness (QED) is 0.808. The van der Waals surface area contributed by atoms with E-state index in [2.05, 4.69) is 5.32 Å². The maximum Gasteiger partial charge on any atom is 0.244 e. The molecular formula is C20H24N2O5. The van der Waals surface area contributed by atoms with Gasteiger partial charge in [0.25, 0.3) is 0 Å². The number of rotatable bonds is 7. The largest absolute Gasteiger partial charge is 0.493 e. The van der Waals surface area contributed by atoms with Crippen LogP contribution in [-0.2, 0) is 9.59 Å². The second kappa shape index (κ2) is 8.93. The van der Waals surface area contributed by atoms with Crippen molar-refractivity contribution < 1.29 is 23.8 Å². The molecule has 1 N–H and O–H groups in total. The van der Waals surface area contributed by atoms with Crippen LogP contribution in [0, 0.1) is 6.92 Å². The highest BCUT2D eigenvalue weighted by Crippen LogP contribution is 2.39. The van der Waals surface area contributed by atoms with Crippen molar-refractivity contribution >= 4 is 23.2 Å². The van der Waals surface area contributed by atoms with Gasteiger partial charge in [0.2, 0.25) is 17.6 Å². The molecule has 0 aliphatic heterocycles. The topological polar surface area (TPSA) is 77.1 Å². The molecule has 144 valence electrons. The van der Waals surface area contributed by atoms with Crippen LogP contribution in [0.5, 0.6) is 17.2 Å². The zero-order chi connectivity index (χ0) is 20.0. The van der Waals surface area contributed by atoms with Crippen LogP contribution in [0.2, 0.25) is 0 Å². The Hall–Kier alpha value is -3.22. The number of carbonyl (C=O) groups excluding carboxylic acids is 2. The summed E-state index contributed by atoms with van der Waals surface area (Å²) in [4.78, 5) is 26.0. The van der Waals surface area contributed by atoms with Gasteiger partial charge in [0.05, 0.1) is 21.3 Å². The van der Waals surface area contributed by atoms with Gasteiger partial charge in [-0.25, -0.2) is 0 Å². The summed E-state index contributed by atoms with van der Waals surface area (Å²) in [5, 5.41) is 2.77. The van der Waals surface area contributed by atoms with Gasteiger partial charge in [0.15, 0.2) is 11.5 Å². The maximum absolute atomic E-state index is 12.5. The summed E-state index contributed by atoms with van der Waals surface area (Å²) >= 11 is 0. The summed E-state index contributed by atoms with van der Waals surface area (Å²) in [6.45, 7) is 3.21. The number of carbonyl (C=O) groups is 2. The lowest BCUT2D eigenvalue weighted by Gasteiger charge is -2.22. The van der Waals surface area contributed by atoms with Crippen molar-refractivity contribution in [1.29, 1.82) is 0 Å². The highest BCUT2D eigenvalue weighted by molar-refractivity contribution is 6.02. The van der Waals surface area contributed by atoms with Crippen molar-refractivity contribution in [2.75, 3.05) is 38.1 Å². The summed E-state index contributed by atoms with van der Waals surface area (Å²) in [7, 11) is 4.50. The molecule has 0 saturated heterocycles. The van der Waals surface area contributed by atoms with Gasteiger partial charge in [-0.3, -0.25) is 9.59 Å². The summed E-state index contributed by atoms with van der Waals surface area (Å²) in [6, 6.07) is 10.7. The first-order valence-corrected chi connectivity index (χ1v) is 8.34. The van der Waals surface area contributed by atoms with Crippen molar-refractivity contribution in [1.82, 2.24) is 0 Å². The minimum Gasteiger partial charge on any atom is -0.493 e. The highest BCUT2D eigenvalue weighted by atomic mass is 16.5. The van der Waals surface area contributed by atoms with Crippen molar-refractivity contribution in [2.45, 2.75) is 13.8 Å². The van der Waals surface area contributed by atoms with Crippen LogP contribution in [0.3, 0.4) is 0 Å². The van der Waals surface area contributed by atoms with E-state index >= 15 is 0 Å². The monoisotopic (exact) mass is 372 g/mol. The van der Waals surface area contributed by atoms with E-state index in [0.717, 1.165) is 5.56 Å². The lowest BCUT2D eigenvalue weighted by Crippen LogP contribution is -2.37. The van der Waals surface area contributed by atoms with E-state index in [4.69, 9.17) is 14.2 Å². The molecule has 27 heavy (non-hydrogen) atoms. The van der Waals surface area contributed by atoms with Gasteiger partial charge in [-0.1, -0.05) is 18.2 Å². The molecule has 0 radical (unpaired) electrons. The molecule has 0 aromatic heterocycles. The van der Waals surface area contributed by atoms with Gasteiger partial charge in [-0.15, -0.1) is 0 Å². The molecule has 0 fully saturated rings. The average Bonchev–Trinajstić information content (AvgIpc) is 2.65. The molecule has 2 aromatic carbocycles. The van der Waals surface area contributed by atoms with Gasteiger partial charge in [0, 0.05) is 30.4 Å². The first-order valence-electron chi connectivity index (χ1n) is 8.34. The Kier molecular flexibility index (Phi) is 6.65. The van der Waals surface area contributed by atoms with Crippen molar-refractivity contribution in [3.05, 3.63) is 42.0 Å². The number of nitrogens with zero attached hydrogens (tertiary/aromatic N) is 1. The zero-order valence-electron chi connectivity index (χ0n) is 16.2. The third-order valence-electron chi connectivity index (χ3n) is 4.04. The number of amides is 2. The number of benzene rings is 2. The van der Waals surface area contributed by atoms with Gasteiger partial charge in [-0.05, 0) is 18.6 Å². The molecule has 2 amide bonds. The third-order valence-corrected chi connectivity index (χ3v) is 4.04. The number of para-hydroxylation sites is 1. The zero-order valence-corrected chi connectivity index (χ0v) is 16.2. The Bertz CT molecular complexity index is 810. The molecule has 0 saturated carbocycles. The smallest absolute Gasteiger partial charge is 0.244 e. The van der Waals surface area contributed by atoms with Gasteiger partial charge < -0.3 is 24.4 Å². The number of nitrogens with one attached hydrogen (secondary N) is 1. The minimum absolute atomic E-state index is 0.114. The van der Waals surface area contributed by atoms with Crippen LogP contribution in [0.25, 0.3) is 0 Å². The Morgan fingerprint density at radius 3 is 2.07 bits per heavy atom. The number of aryl methyl sites for hydroxylation is 1. The van der Waals surface area contributed by atoms with Crippen LogP contribution in [-0.4, -0.2) is 39.7 Å². The summed E-state index contributed by atoms with van der Waals surface area (Å²) < 4.78 is 15.8. The molecule has 0 unspecified atom stereocenters. The fraction of sp³-hybridized carbons (Fsp3) is 0.300. The maximum atomic E-state index is 12.5. The highest BCUT2D eigenvalue weighted by Gasteiger charge is 2.19. The van der Waals surface area contributed by atoms with Crippen LogP contribution in [0.1, 0.15) is 12.5 Å². The Balaban J connectivity index is 2.23. The molecule has 2 rings (SSSR count). The van der Waals surface area contributed by atoms with Crippen LogP contribution in [0.4, 0.5) is 11.4 Å². The van der Waals surface area contributed by atoms with E-state index < -0.39 is 0 Å². The van der Waals surface area contributed by atoms with Crippen molar-refractivity contribution in [3.63, 3.8) is 0 Å². The summed E-state index contributed by atoms with van der Waals surface area (Å²) in [5.74, 6) is 0.722. The summed E-state index contributed by atoms with van der Waals surface area (Å²) in [6.07, 6.45) is 0. The molecule has 0 spiro atoms. The SMILES string of the molecule is COc1cc(NC(=O)CN(C(C)=O)c2ccccc2C)cc(OC)c1OC. The summed E-state index contributed by atoms with van der Waals surface area (Å²) in [5.41, 5.74) is 2.08. The van der Waals surface area contributed by atoms with Crippen molar-refractivity contribution in [3.8, 4) is 17.2 Å². The number of hydrogen-bond donors (Lipinski definition) is 1. The van der Waals surface area contributed by atoms with Gasteiger partial charge >= 0.3 is 0 Å². The normalized spacial score (nSPS) is 10.1. The lowest BCUT2D eigenvalue weighted by atomic mass is 10.2. The third kappa shape index (κ3) is 4.69. The molecule has 7 heteroatoms. The first kappa shape index (κ1) is 20.1. The molecule has 0 heterocycles. The van der Waals surface area contributed by atoms with E-state index in [-0.39, 0.29) is 18.4 Å². The predicted molar refractivity (Wildman–Crippen MR) is 104 cm³/mol. The van der Waals surface area contributed by atoms with E-state index in [9.17, 15) is 9.59 Å². The fourth-order valence-electron chi connectivity index (χ4n) is 2.73. The molecule has 7 nitrogen and oxygen atoms in total. The minimum atomic E-state index is -0.345. The second-order valence-electron chi connectivity index (χ2n) is 5.85. The fourth-order valence-corrected chi connectivity index (χ4v) is 2.73. The predicted octanol–water partition coefficient (Wildman–Crippen LogP) is 3.01. The van der Waals surface area contributed by atoms with E-state index in [1.165, 1.54) is 33.2 Å². The molecule has 0 bridgehead atoms. The molecule has 0 aliphatic rings. The number of ether oxygens (including phenoxy) is 3. The van der Waals surface area contributed by atoms with Crippen LogP contribution < -0.4 is 24.4 Å². The standard InChI is InChI=1S/C20H24N2O5/c1-13-8-6-7-9-16(13)22(14(2)23)12-19(24)21-15-10-17(25-3)20(27-5)18(11-15)26-4/h6-11H,12H2,1-5H3,(H,21,24). The number of hydrogen-bond acceptors (Lipinski definition) is 5. The van der Waals surface area contributed by atoms with E-state index in [1.807, 2.05) is 31.2 Å². The molecule has 0 atom stereocenters. The molecule has 2 aromatic rings. The van der Waals surface area contributed by atoms with E-state index in [1.54, 1.807) is 12.1 Å². The molecular weight excluding hydrogens is 348 g/mol. The average molecular weight is 372 g/mol. The van der Waals surface area contributed by atoms with Gasteiger partial charge in [-0.2, -0.15) is 0 Å². The Morgan fingerprint density at radius 1 is 1.00 bits per heavy atom. The van der Waals surface area contributed by atoms with Gasteiger partial charge in [0.1, 0.15) is 6.54 Å². The van der Waals surface area contributed by atoms with Crippen LogP contribution >= 0.6 is 0 Å².